The molecule has 0 saturated carbocycles. The van der Waals surface area contributed by atoms with Gasteiger partial charge in [0.1, 0.15) is 5.82 Å². The molecule has 0 aromatic carbocycles. The SMILES string of the molecule is Cc1ccnc(-n2cccc2C=O)c1. The summed E-state index contributed by atoms with van der Waals surface area (Å²) < 4.78 is 1.76. The Bertz CT molecular complexity index is 460. The number of hydrogen-bond acceptors (Lipinski definition) is 2. The van der Waals surface area contributed by atoms with Crippen LogP contribution in [0.5, 0.6) is 0 Å². The van der Waals surface area contributed by atoms with Gasteiger partial charge in [0.25, 0.3) is 0 Å². The molecule has 2 rings (SSSR count). The molecule has 0 fully saturated rings. The molecule has 0 bridgehead atoms. The summed E-state index contributed by atoms with van der Waals surface area (Å²) in [6, 6.07) is 7.45. The monoisotopic (exact) mass is 186 g/mol. The number of carbonyl (C=O) groups is 1. The van der Waals surface area contributed by atoms with Crippen molar-refractivity contribution >= 4 is 6.29 Å². The number of aryl methyl sites for hydroxylation is 1. The Kier molecular flexibility index (Phi) is 2.14. The zero-order valence-corrected chi connectivity index (χ0v) is 7.84. The Morgan fingerprint density at radius 2 is 2.29 bits per heavy atom. The van der Waals surface area contributed by atoms with E-state index in [1.807, 2.05) is 31.3 Å². The van der Waals surface area contributed by atoms with Crippen LogP contribution in [0, 0.1) is 6.92 Å². The molecule has 0 aliphatic heterocycles. The van der Waals surface area contributed by atoms with Crippen molar-refractivity contribution in [2.45, 2.75) is 6.92 Å². The Morgan fingerprint density at radius 3 is 3.00 bits per heavy atom. The highest BCUT2D eigenvalue weighted by molar-refractivity contribution is 5.73. The number of hydrogen-bond donors (Lipinski definition) is 0. The molecule has 0 aliphatic carbocycles. The summed E-state index contributed by atoms with van der Waals surface area (Å²) in [4.78, 5) is 14.9. The second-order valence-corrected chi connectivity index (χ2v) is 3.11. The first kappa shape index (κ1) is 8.69. The third kappa shape index (κ3) is 1.44. The Morgan fingerprint density at radius 1 is 1.43 bits per heavy atom. The Labute approximate surface area is 82.0 Å². The lowest BCUT2D eigenvalue weighted by Crippen LogP contribution is -1.99. The van der Waals surface area contributed by atoms with Gasteiger partial charge in [0.05, 0.1) is 5.69 Å². The van der Waals surface area contributed by atoms with Crippen molar-refractivity contribution in [3.63, 3.8) is 0 Å². The molecule has 0 atom stereocenters. The van der Waals surface area contributed by atoms with Gasteiger partial charge in [-0.2, -0.15) is 0 Å². The van der Waals surface area contributed by atoms with Crippen LogP contribution in [0.25, 0.3) is 5.82 Å². The molecule has 2 aromatic heterocycles. The second-order valence-electron chi connectivity index (χ2n) is 3.11. The number of aldehydes is 1. The van der Waals surface area contributed by atoms with Crippen LogP contribution in [0.2, 0.25) is 0 Å². The number of carbonyl (C=O) groups excluding carboxylic acids is 1. The van der Waals surface area contributed by atoms with Gasteiger partial charge in [0, 0.05) is 12.4 Å². The van der Waals surface area contributed by atoms with Crippen LogP contribution in [0.15, 0.2) is 36.7 Å². The summed E-state index contributed by atoms with van der Waals surface area (Å²) in [5.74, 6) is 0.775. The van der Waals surface area contributed by atoms with Gasteiger partial charge < -0.3 is 0 Å². The first-order valence-corrected chi connectivity index (χ1v) is 4.37. The third-order valence-corrected chi connectivity index (χ3v) is 2.05. The van der Waals surface area contributed by atoms with Crippen LogP contribution in [-0.4, -0.2) is 15.8 Å². The molecule has 3 nitrogen and oxygen atoms in total. The molecular weight excluding hydrogens is 176 g/mol. The quantitative estimate of drug-likeness (QED) is 0.672. The number of pyridine rings is 1. The van der Waals surface area contributed by atoms with Gasteiger partial charge in [0.2, 0.25) is 0 Å². The van der Waals surface area contributed by atoms with Crippen LogP contribution in [0.3, 0.4) is 0 Å². The molecule has 0 unspecified atom stereocenters. The van der Waals surface area contributed by atoms with Crippen LogP contribution in [0.4, 0.5) is 0 Å². The largest absolute Gasteiger partial charge is 0.299 e. The van der Waals surface area contributed by atoms with Crippen molar-refractivity contribution in [1.82, 2.24) is 9.55 Å². The zero-order valence-electron chi connectivity index (χ0n) is 7.84. The summed E-state index contributed by atoms with van der Waals surface area (Å²) in [5.41, 5.74) is 1.74. The smallest absolute Gasteiger partial charge is 0.166 e. The van der Waals surface area contributed by atoms with E-state index in [9.17, 15) is 4.79 Å². The van der Waals surface area contributed by atoms with Crippen molar-refractivity contribution < 1.29 is 4.79 Å². The van der Waals surface area contributed by atoms with Crippen LogP contribution in [0.1, 0.15) is 16.1 Å². The standard InChI is InChI=1S/C11H10N2O/c1-9-4-5-12-11(7-9)13-6-2-3-10(13)8-14/h2-8H,1H3. The van der Waals surface area contributed by atoms with E-state index in [2.05, 4.69) is 4.98 Å². The van der Waals surface area contributed by atoms with Gasteiger partial charge in [-0.1, -0.05) is 0 Å². The van der Waals surface area contributed by atoms with E-state index in [4.69, 9.17) is 0 Å². The Balaban J connectivity index is 2.54. The average Bonchev–Trinajstić information content (AvgIpc) is 2.65. The summed E-state index contributed by atoms with van der Waals surface area (Å²) in [7, 11) is 0. The number of nitrogens with zero attached hydrogens (tertiary/aromatic N) is 2. The molecule has 2 aromatic rings. The van der Waals surface area contributed by atoms with Crippen molar-refractivity contribution in [3.05, 3.63) is 47.9 Å². The number of aromatic nitrogens is 2. The van der Waals surface area contributed by atoms with Gasteiger partial charge in [-0.05, 0) is 36.8 Å². The topological polar surface area (TPSA) is 34.9 Å². The fraction of sp³-hybridized carbons (Fsp3) is 0.0909. The Hall–Kier alpha value is -1.90. The van der Waals surface area contributed by atoms with E-state index in [0.29, 0.717) is 5.69 Å². The van der Waals surface area contributed by atoms with Crippen molar-refractivity contribution in [1.29, 1.82) is 0 Å². The lowest BCUT2D eigenvalue weighted by Gasteiger charge is -2.04. The maximum absolute atomic E-state index is 10.7. The predicted molar refractivity (Wildman–Crippen MR) is 53.7 cm³/mol. The zero-order chi connectivity index (χ0) is 9.97. The van der Waals surface area contributed by atoms with E-state index >= 15 is 0 Å². The van der Waals surface area contributed by atoms with Crippen LogP contribution < -0.4 is 0 Å². The highest BCUT2D eigenvalue weighted by Gasteiger charge is 2.02. The van der Waals surface area contributed by atoms with Gasteiger partial charge in [-0.15, -0.1) is 0 Å². The minimum absolute atomic E-state index is 0.614. The first-order valence-electron chi connectivity index (χ1n) is 4.37. The second kappa shape index (κ2) is 3.46. The first-order chi connectivity index (χ1) is 6.81. The summed E-state index contributed by atoms with van der Waals surface area (Å²) in [6.45, 7) is 2.00. The van der Waals surface area contributed by atoms with Crippen LogP contribution in [-0.2, 0) is 0 Å². The molecule has 0 saturated heterocycles. The molecule has 0 radical (unpaired) electrons. The van der Waals surface area contributed by atoms with E-state index in [-0.39, 0.29) is 0 Å². The normalized spacial score (nSPS) is 10.1. The molecule has 0 spiro atoms. The van der Waals surface area contributed by atoms with Crippen molar-refractivity contribution in [2.24, 2.45) is 0 Å². The maximum Gasteiger partial charge on any atom is 0.166 e. The van der Waals surface area contributed by atoms with E-state index in [1.54, 1.807) is 16.8 Å². The molecule has 14 heavy (non-hydrogen) atoms. The predicted octanol–water partition coefficient (Wildman–Crippen LogP) is 1.99. The van der Waals surface area contributed by atoms with E-state index in [1.165, 1.54) is 0 Å². The minimum atomic E-state index is 0.614. The van der Waals surface area contributed by atoms with E-state index < -0.39 is 0 Å². The summed E-state index contributed by atoms with van der Waals surface area (Å²) in [6.07, 6.45) is 4.38. The molecule has 0 aliphatic rings. The molecule has 0 N–H and O–H groups in total. The average molecular weight is 186 g/mol. The lowest BCUT2D eigenvalue weighted by atomic mass is 10.3. The van der Waals surface area contributed by atoms with Crippen molar-refractivity contribution in [3.8, 4) is 5.82 Å². The van der Waals surface area contributed by atoms with Gasteiger partial charge in [0.15, 0.2) is 6.29 Å². The number of rotatable bonds is 2. The van der Waals surface area contributed by atoms with E-state index in [0.717, 1.165) is 17.7 Å². The molecule has 70 valence electrons. The van der Waals surface area contributed by atoms with Crippen molar-refractivity contribution in [2.75, 3.05) is 0 Å². The highest BCUT2D eigenvalue weighted by Crippen LogP contribution is 2.09. The molecule has 2 heterocycles. The fourth-order valence-electron chi connectivity index (χ4n) is 1.35. The molecule has 0 amide bonds. The van der Waals surface area contributed by atoms with Crippen LogP contribution >= 0.6 is 0 Å². The highest BCUT2D eigenvalue weighted by atomic mass is 16.1. The fourth-order valence-corrected chi connectivity index (χ4v) is 1.35. The van der Waals surface area contributed by atoms with Gasteiger partial charge in [-0.3, -0.25) is 9.36 Å². The summed E-state index contributed by atoms with van der Waals surface area (Å²) >= 11 is 0. The maximum atomic E-state index is 10.7. The van der Waals surface area contributed by atoms with Gasteiger partial charge >= 0.3 is 0 Å². The molecule has 3 heteroatoms. The lowest BCUT2D eigenvalue weighted by molar-refractivity contribution is 0.111. The summed E-state index contributed by atoms with van der Waals surface area (Å²) in [5, 5.41) is 0. The van der Waals surface area contributed by atoms with Gasteiger partial charge in [-0.25, -0.2) is 4.98 Å². The minimum Gasteiger partial charge on any atom is -0.299 e. The third-order valence-electron chi connectivity index (χ3n) is 2.05. The molecular formula is C11H10N2O.